The van der Waals surface area contributed by atoms with E-state index in [1.165, 1.54) is 57.1 Å². The second-order valence-electron chi connectivity index (χ2n) is 5.58. The molecule has 0 fully saturated rings. The second-order valence-corrected chi connectivity index (χ2v) is 8.38. The molecule has 0 bridgehead atoms. The maximum Gasteiger partial charge on any atom is 0.313 e. The Morgan fingerprint density at radius 1 is 1.00 bits per heavy atom. The normalized spacial score (nSPS) is 12.8. The maximum absolute atomic E-state index is 10.7. The van der Waals surface area contributed by atoms with Crippen molar-refractivity contribution < 1.29 is 9.90 Å². The summed E-state index contributed by atoms with van der Waals surface area (Å²) in [7, 11) is 0. The first kappa shape index (κ1) is 21.9. The van der Waals surface area contributed by atoms with Crippen molar-refractivity contribution in [3.8, 4) is 0 Å². The summed E-state index contributed by atoms with van der Waals surface area (Å²) in [5.74, 6) is 0.729. The van der Waals surface area contributed by atoms with Crippen molar-refractivity contribution in [2.75, 3.05) is 11.5 Å². The van der Waals surface area contributed by atoms with Crippen LogP contribution in [-0.2, 0) is 4.79 Å². The number of aliphatic carboxylic acids is 1. The van der Waals surface area contributed by atoms with E-state index in [9.17, 15) is 4.79 Å². The van der Waals surface area contributed by atoms with Crippen molar-refractivity contribution >= 4 is 29.5 Å². The number of allylic oxidation sites excluding steroid dienone is 2. The highest BCUT2D eigenvalue weighted by Gasteiger charge is 2.11. The number of carboxylic acid groups (broad SMARTS) is 1. The summed E-state index contributed by atoms with van der Waals surface area (Å²) in [6.07, 6.45) is 16.9. The van der Waals surface area contributed by atoms with E-state index in [-0.39, 0.29) is 5.75 Å². The lowest BCUT2D eigenvalue weighted by atomic mass is 10.1. The molecule has 130 valence electrons. The van der Waals surface area contributed by atoms with E-state index >= 15 is 0 Å². The van der Waals surface area contributed by atoms with Gasteiger partial charge in [-0.3, -0.25) is 4.79 Å². The van der Waals surface area contributed by atoms with Gasteiger partial charge >= 0.3 is 5.97 Å². The molecule has 0 saturated heterocycles. The van der Waals surface area contributed by atoms with Gasteiger partial charge in [0, 0.05) is 0 Å². The summed E-state index contributed by atoms with van der Waals surface area (Å²) >= 11 is 3.58. The lowest BCUT2D eigenvalue weighted by molar-refractivity contribution is -0.133. The van der Waals surface area contributed by atoms with Crippen molar-refractivity contribution in [1.29, 1.82) is 0 Å². The molecule has 0 amide bonds. The van der Waals surface area contributed by atoms with Gasteiger partial charge in [-0.2, -0.15) is 0 Å². The molecule has 1 N–H and O–H groups in total. The van der Waals surface area contributed by atoms with E-state index in [1.807, 2.05) is 11.8 Å². The minimum absolute atomic E-state index is 0.243. The molecule has 2 nitrogen and oxygen atoms in total. The average molecular weight is 347 g/mol. The van der Waals surface area contributed by atoms with E-state index in [2.05, 4.69) is 26.0 Å². The number of unbranched alkanes of at least 4 members (excludes halogenated alkanes) is 6. The van der Waals surface area contributed by atoms with Gasteiger partial charge in [0.05, 0.1) is 10.3 Å². The standard InChI is InChI=1S/C18H34O2S2/c1-3-5-7-8-9-10-11-12-14-18(22-16-17(19)20)21-15-13-6-4-2/h5,7,18H,3-4,6,8-16H2,1-2H3,(H,19,20)/b7-5+. The summed E-state index contributed by atoms with van der Waals surface area (Å²) in [5.41, 5.74) is 0. The van der Waals surface area contributed by atoms with Gasteiger partial charge in [-0.1, -0.05) is 58.1 Å². The molecule has 0 aliphatic carbocycles. The van der Waals surface area contributed by atoms with Crippen LogP contribution in [0.4, 0.5) is 0 Å². The number of hydrogen-bond acceptors (Lipinski definition) is 3. The van der Waals surface area contributed by atoms with Crippen LogP contribution in [0.1, 0.15) is 78.1 Å². The molecule has 0 heterocycles. The lowest BCUT2D eigenvalue weighted by Crippen LogP contribution is -2.06. The predicted octanol–water partition coefficient (Wildman–Crippen LogP) is 6.36. The Balaban J connectivity index is 3.71. The molecule has 0 rings (SSSR count). The Kier molecular flexibility index (Phi) is 17.2. The third-order valence-electron chi connectivity index (χ3n) is 3.41. The van der Waals surface area contributed by atoms with Crippen molar-refractivity contribution in [3.05, 3.63) is 12.2 Å². The van der Waals surface area contributed by atoms with Crippen LogP contribution in [0.2, 0.25) is 0 Å². The second kappa shape index (κ2) is 17.3. The third-order valence-corrected chi connectivity index (χ3v) is 6.38. The summed E-state index contributed by atoms with van der Waals surface area (Å²) in [4.78, 5) is 10.7. The summed E-state index contributed by atoms with van der Waals surface area (Å²) in [6.45, 7) is 4.39. The van der Waals surface area contributed by atoms with Gasteiger partial charge in [-0.05, 0) is 37.9 Å². The summed E-state index contributed by atoms with van der Waals surface area (Å²) < 4.78 is 0.466. The van der Waals surface area contributed by atoms with E-state index in [0.717, 1.165) is 12.8 Å². The summed E-state index contributed by atoms with van der Waals surface area (Å²) in [6, 6.07) is 0. The van der Waals surface area contributed by atoms with Gasteiger partial charge in [0.2, 0.25) is 0 Å². The average Bonchev–Trinajstić information content (AvgIpc) is 2.50. The van der Waals surface area contributed by atoms with Crippen LogP contribution in [0.25, 0.3) is 0 Å². The number of carbonyl (C=O) groups is 1. The lowest BCUT2D eigenvalue weighted by Gasteiger charge is -2.15. The number of hydrogen-bond donors (Lipinski definition) is 1. The molecule has 0 aromatic carbocycles. The Bertz CT molecular complexity index is 280. The SMILES string of the molecule is CC/C=C/CCCCCCC(SCCCCC)SCC(=O)O. The van der Waals surface area contributed by atoms with Crippen LogP contribution in [0, 0.1) is 0 Å². The molecule has 0 aromatic heterocycles. The molecule has 4 heteroatoms. The Morgan fingerprint density at radius 2 is 1.77 bits per heavy atom. The number of carboxylic acids is 1. The zero-order valence-corrected chi connectivity index (χ0v) is 16.0. The van der Waals surface area contributed by atoms with E-state index in [0.29, 0.717) is 4.58 Å². The molecule has 0 aromatic rings. The molecule has 0 radical (unpaired) electrons. The molecule has 0 aliphatic rings. The van der Waals surface area contributed by atoms with E-state index < -0.39 is 5.97 Å². The fourth-order valence-electron chi connectivity index (χ4n) is 2.16. The first-order valence-corrected chi connectivity index (χ1v) is 10.9. The van der Waals surface area contributed by atoms with Gasteiger partial charge < -0.3 is 5.11 Å². The van der Waals surface area contributed by atoms with Gasteiger partial charge in [0.15, 0.2) is 0 Å². The smallest absolute Gasteiger partial charge is 0.313 e. The Morgan fingerprint density at radius 3 is 2.45 bits per heavy atom. The highest BCUT2D eigenvalue weighted by atomic mass is 32.2. The van der Waals surface area contributed by atoms with Crippen LogP contribution < -0.4 is 0 Å². The van der Waals surface area contributed by atoms with Crippen LogP contribution in [0.3, 0.4) is 0 Å². The van der Waals surface area contributed by atoms with Crippen molar-refractivity contribution in [2.24, 2.45) is 0 Å². The molecule has 0 spiro atoms. The van der Waals surface area contributed by atoms with Gasteiger partial charge in [0.1, 0.15) is 0 Å². The molecular weight excluding hydrogens is 312 g/mol. The molecular formula is C18H34O2S2. The number of thioether (sulfide) groups is 2. The first-order chi connectivity index (χ1) is 10.7. The molecule has 1 unspecified atom stereocenters. The fraction of sp³-hybridized carbons (Fsp3) is 0.833. The van der Waals surface area contributed by atoms with Crippen molar-refractivity contribution in [2.45, 2.75) is 82.6 Å². The minimum Gasteiger partial charge on any atom is -0.481 e. The molecule has 1 atom stereocenters. The van der Waals surface area contributed by atoms with Crippen LogP contribution >= 0.6 is 23.5 Å². The van der Waals surface area contributed by atoms with Crippen LogP contribution in [-0.4, -0.2) is 27.2 Å². The zero-order valence-electron chi connectivity index (χ0n) is 14.4. The number of rotatable bonds is 16. The largest absolute Gasteiger partial charge is 0.481 e. The fourth-order valence-corrected chi connectivity index (χ4v) is 4.66. The highest BCUT2D eigenvalue weighted by molar-refractivity contribution is 8.17. The van der Waals surface area contributed by atoms with Crippen LogP contribution in [0.15, 0.2) is 12.2 Å². The Labute approximate surface area is 145 Å². The van der Waals surface area contributed by atoms with Gasteiger partial charge in [-0.25, -0.2) is 0 Å². The van der Waals surface area contributed by atoms with Gasteiger partial charge in [-0.15, -0.1) is 23.5 Å². The molecule has 22 heavy (non-hydrogen) atoms. The molecule has 0 aliphatic heterocycles. The Hall–Kier alpha value is -0.0900. The van der Waals surface area contributed by atoms with Crippen molar-refractivity contribution in [3.63, 3.8) is 0 Å². The topological polar surface area (TPSA) is 37.3 Å². The van der Waals surface area contributed by atoms with Gasteiger partial charge in [0.25, 0.3) is 0 Å². The van der Waals surface area contributed by atoms with Crippen molar-refractivity contribution in [1.82, 2.24) is 0 Å². The summed E-state index contributed by atoms with van der Waals surface area (Å²) in [5, 5.41) is 8.85. The quantitative estimate of drug-likeness (QED) is 0.200. The molecule has 0 saturated carbocycles. The zero-order chi connectivity index (χ0) is 16.5. The minimum atomic E-state index is -0.688. The first-order valence-electron chi connectivity index (χ1n) is 8.80. The van der Waals surface area contributed by atoms with Crippen LogP contribution in [0.5, 0.6) is 0 Å². The highest BCUT2D eigenvalue weighted by Crippen LogP contribution is 2.29. The maximum atomic E-state index is 10.7. The van der Waals surface area contributed by atoms with E-state index in [1.54, 1.807) is 11.8 Å². The van der Waals surface area contributed by atoms with E-state index in [4.69, 9.17) is 5.11 Å². The predicted molar refractivity (Wildman–Crippen MR) is 103 cm³/mol. The third kappa shape index (κ3) is 16.3. The monoisotopic (exact) mass is 346 g/mol.